The van der Waals surface area contributed by atoms with Crippen molar-refractivity contribution in [3.05, 3.63) is 51.4 Å². The molecule has 0 radical (unpaired) electrons. The largest absolute Gasteiger partial charge is 0.365 e. The summed E-state index contributed by atoms with van der Waals surface area (Å²) >= 11 is 1.26. The Balaban J connectivity index is 0.00000225. The van der Waals surface area contributed by atoms with E-state index in [9.17, 15) is 18.4 Å². The lowest BCUT2D eigenvalue weighted by Crippen LogP contribution is -2.27. The van der Waals surface area contributed by atoms with Crippen LogP contribution in [-0.2, 0) is 13.0 Å². The number of benzene rings is 1. The summed E-state index contributed by atoms with van der Waals surface area (Å²) in [6.45, 7) is 1.44. The minimum absolute atomic E-state index is 0. The summed E-state index contributed by atoms with van der Waals surface area (Å²) in [7, 11) is 1.96. The number of fused-ring (bicyclic) bond motifs is 1. The van der Waals surface area contributed by atoms with Crippen molar-refractivity contribution in [3.8, 4) is 0 Å². The van der Waals surface area contributed by atoms with E-state index in [2.05, 4.69) is 10.2 Å². The molecule has 0 saturated carbocycles. The van der Waals surface area contributed by atoms with Gasteiger partial charge in [-0.15, -0.1) is 23.7 Å². The van der Waals surface area contributed by atoms with Crippen molar-refractivity contribution in [2.24, 2.45) is 5.73 Å². The molecule has 2 aromatic rings. The first kappa shape index (κ1) is 19.3. The van der Waals surface area contributed by atoms with Gasteiger partial charge in [-0.1, -0.05) is 0 Å². The third kappa shape index (κ3) is 3.81. The molecule has 1 aliphatic rings. The molecule has 2 amide bonds. The van der Waals surface area contributed by atoms with Gasteiger partial charge in [-0.2, -0.15) is 0 Å². The first-order valence-corrected chi connectivity index (χ1v) is 8.07. The summed E-state index contributed by atoms with van der Waals surface area (Å²) in [6, 6.07) is 2.70. The van der Waals surface area contributed by atoms with Gasteiger partial charge in [-0.25, -0.2) is 8.78 Å². The molecule has 25 heavy (non-hydrogen) atoms. The van der Waals surface area contributed by atoms with Crippen LogP contribution in [0.1, 0.15) is 31.2 Å². The van der Waals surface area contributed by atoms with Gasteiger partial charge in [0.15, 0.2) is 0 Å². The monoisotopic (exact) mass is 387 g/mol. The molecular weight excluding hydrogens is 372 g/mol. The summed E-state index contributed by atoms with van der Waals surface area (Å²) in [6.07, 6.45) is 0.654. The van der Waals surface area contributed by atoms with Crippen molar-refractivity contribution in [2.75, 3.05) is 18.9 Å². The number of hydrogen-bond acceptors (Lipinski definition) is 4. The van der Waals surface area contributed by atoms with E-state index in [1.54, 1.807) is 0 Å². The Kier molecular flexibility index (Phi) is 5.76. The van der Waals surface area contributed by atoms with Crippen LogP contribution in [0.3, 0.4) is 0 Å². The second-order valence-corrected chi connectivity index (χ2v) is 6.74. The Morgan fingerprint density at radius 1 is 1.32 bits per heavy atom. The van der Waals surface area contributed by atoms with E-state index in [4.69, 9.17) is 5.73 Å². The SMILES string of the molecule is CN1CCc2c(sc(NC(=O)c3ccc(F)cc3F)c2C(N)=O)C1.Cl. The first-order valence-electron chi connectivity index (χ1n) is 7.26. The maximum Gasteiger partial charge on any atom is 0.259 e. The number of anilines is 1. The Hall–Kier alpha value is -2.03. The number of carbonyl (C=O) groups is 2. The van der Waals surface area contributed by atoms with Gasteiger partial charge in [0, 0.05) is 24.0 Å². The predicted octanol–water partition coefficient (Wildman–Crippen LogP) is 2.79. The summed E-state index contributed by atoms with van der Waals surface area (Å²) in [5.74, 6) is -3.11. The van der Waals surface area contributed by atoms with Gasteiger partial charge in [0.2, 0.25) is 0 Å². The van der Waals surface area contributed by atoms with Gasteiger partial charge in [0.05, 0.1) is 11.1 Å². The summed E-state index contributed by atoms with van der Waals surface area (Å²) < 4.78 is 26.7. The fourth-order valence-electron chi connectivity index (χ4n) is 2.72. The van der Waals surface area contributed by atoms with Crippen molar-refractivity contribution in [3.63, 3.8) is 0 Å². The number of nitrogens with two attached hydrogens (primary N) is 1. The van der Waals surface area contributed by atoms with Gasteiger partial charge in [-0.3, -0.25) is 9.59 Å². The number of thiophene rings is 1. The number of nitrogens with one attached hydrogen (secondary N) is 1. The summed E-state index contributed by atoms with van der Waals surface area (Å²) in [4.78, 5) is 27.1. The predicted molar refractivity (Wildman–Crippen MR) is 94.4 cm³/mol. The molecule has 9 heteroatoms. The molecule has 0 spiro atoms. The second kappa shape index (κ2) is 7.47. The van der Waals surface area contributed by atoms with Gasteiger partial charge in [0.1, 0.15) is 16.6 Å². The van der Waals surface area contributed by atoms with E-state index >= 15 is 0 Å². The molecular formula is C16H16ClF2N3O2S. The molecule has 2 heterocycles. The minimum atomic E-state index is -0.964. The zero-order chi connectivity index (χ0) is 17.4. The molecule has 1 aliphatic heterocycles. The summed E-state index contributed by atoms with van der Waals surface area (Å²) in [5.41, 5.74) is 6.28. The molecule has 1 aromatic carbocycles. The zero-order valence-electron chi connectivity index (χ0n) is 13.3. The second-order valence-electron chi connectivity index (χ2n) is 5.64. The third-order valence-corrected chi connectivity index (χ3v) is 5.03. The number of likely N-dealkylation sites (N-methyl/N-ethyl adjacent to an activating group) is 1. The molecule has 134 valence electrons. The highest BCUT2D eigenvalue weighted by atomic mass is 35.5. The number of amides is 2. The topological polar surface area (TPSA) is 75.4 Å². The third-order valence-electron chi connectivity index (χ3n) is 3.90. The number of hydrogen-bond donors (Lipinski definition) is 2. The summed E-state index contributed by atoms with van der Waals surface area (Å²) in [5, 5.41) is 2.84. The molecule has 0 fully saturated rings. The number of primary amides is 1. The fraction of sp³-hybridized carbons (Fsp3) is 0.250. The maximum absolute atomic E-state index is 13.7. The molecule has 1 aromatic heterocycles. The molecule has 5 nitrogen and oxygen atoms in total. The quantitative estimate of drug-likeness (QED) is 0.850. The zero-order valence-corrected chi connectivity index (χ0v) is 14.9. The van der Waals surface area contributed by atoms with Crippen molar-refractivity contribution in [1.29, 1.82) is 0 Å². The Labute approximate surface area is 153 Å². The van der Waals surface area contributed by atoms with E-state index in [0.29, 0.717) is 24.0 Å². The van der Waals surface area contributed by atoms with Crippen LogP contribution in [-0.4, -0.2) is 30.3 Å². The van der Waals surface area contributed by atoms with Crippen molar-refractivity contribution in [1.82, 2.24) is 4.90 Å². The van der Waals surface area contributed by atoms with Gasteiger partial charge < -0.3 is 16.0 Å². The van der Waals surface area contributed by atoms with Gasteiger partial charge in [-0.05, 0) is 31.2 Å². The van der Waals surface area contributed by atoms with E-state index in [1.807, 2.05) is 7.05 Å². The van der Waals surface area contributed by atoms with E-state index in [0.717, 1.165) is 29.1 Å². The first-order chi connectivity index (χ1) is 11.4. The Morgan fingerprint density at radius 3 is 2.68 bits per heavy atom. The lowest BCUT2D eigenvalue weighted by Gasteiger charge is -2.22. The van der Waals surface area contributed by atoms with Crippen LogP contribution in [0.4, 0.5) is 13.8 Å². The molecule has 3 N–H and O–H groups in total. The fourth-order valence-corrected chi connectivity index (χ4v) is 4.05. The van der Waals surface area contributed by atoms with Crippen molar-refractivity contribution < 1.29 is 18.4 Å². The van der Waals surface area contributed by atoms with E-state index < -0.39 is 23.4 Å². The number of nitrogens with zero attached hydrogens (tertiary/aromatic N) is 1. The van der Waals surface area contributed by atoms with Crippen molar-refractivity contribution in [2.45, 2.75) is 13.0 Å². The normalized spacial score (nSPS) is 13.7. The van der Waals surface area contributed by atoms with Crippen LogP contribution in [0.2, 0.25) is 0 Å². The van der Waals surface area contributed by atoms with Gasteiger partial charge in [0.25, 0.3) is 11.8 Å². The van der Waals surface area contributed by atoms with Crippen LogP contribution in [0, 0.1) is 11.6 Å². The molecule has 0 bridgehead atoms. The average Bonchev–Trinajstić information content (AvgIpc) is 2.83. The standard InChI is InChI=1S/C16H15F2N3O2S.ClH/c1-21-5-4-10-12(7-21)24-16(13(10)14(19)22)20-15(23)9-3-2-8(17)6-11(9)18;/h2-3,6H,4-5,7H2,1H3,(H2,19,22)(H,20,23);1H. The molecule has 0 saturated heterocycles. The average molecular weight is 388 g/mol. The molecule has 0 unspecified atom stereocenters. The lowest BCUT2D eigenvalue weighted by atomic mass is 10.0. The maximum atomic E-state index is 13.7. The van der Waals surface area contributed by atoms with E-state index in [1.165, 1.54) is 11.3 Å². The highest BCUT2D eigenvalue weighted by Crippen LogP contribution is 2.36. The smallest absolute Gasteiger partial charge is 0.259 e. The molecule has 0 atom stereocenters. The van der Waals surface area contributed by atoms with Crippen LogP contribution in [0.15, 0.2) is 18.2 Å². The number of halogens is 3. The number of rotatable bonds is 3. The van der Waals surface area contributed by atoms with Crippen molar-refractivity contribution >= 4 is 40.6 Å². The van der Waals surface area contributed by atoms with Crippen LogP contribution in [0.5, 0.6) is 0 Å². The molecule has 3 rings (SSSR count). The Morgan fingerprint density at radius 2 is 2.04 bits per heavy atom. The number of carbonyl (C=O) groups excluding carboxylic acids is 2. The highest BCUT2D eigenvalue weighted by molar-refractivity contribution is 7.17. The van der Waals surface area contributed by atoms with Gasteiger partial charge >= 0.3 is 0 Å². The van der Waals surface area contributed by atoms with Crippen LogP contribution < -0.4 is 11.1 Å². The minimum Gasteiger partial charge on any atom is -0.365 e. The highest BCUT2D eigenvalue weighted by Gasteiger charge is 2.27. The lowest BCUT2D eigenvalue weighted by molar-refractivity contribution is 0.1000. The molecule has 0 aliphatic carbocycles. The van der Waals surface area contributed by atoms with Crippen LogP contribution >= 0.6 is 23.7 Å². The Bertz CT molecular complexity index is 841. The van der Waals surface area contributed by atoms with Crippen LogP contribution in [0.25, 0.3) is 0 Å². The van der Waals surface area contributed by atoms with E-state index in [-0.39, 0.29) is 23.5 Å².